The van der Waals surface area contributed by atoms with Crippen LogP contribution in [0.4, 0.5) is 4.79 Å². The van der Waals surface area contributed by atoms with E-state index in [1.54, 1.807) is 19.0 Å². The summed E-state index contributed by atoms with van der Waals surface area (Å²) in [5.41, 5.74) is 2.13. The number of nitrogens with zero attached hydrogens (tertiary/aromatic N) is 1. The van der Waals surface area contributed by atoms with Gasteiger partial charge in [-0.15, -0.1) is 0 Å². The minimum absolute atomic E-state index is 0.114. The van der Waals surface area contributed by atoms with Gasteiger partial charge in [0.25, 0.3) is 0 Å². The Labute approximate surface area is 189 Å². The van der Waals surface area contributed by atoms with Crippen molar-refractivity contribution in [3.8, 4) is 5.75 Å². The van der Waals surface area contributed by atoms with Crippen molar-refractivity contribution in [2.75, 3.05) is 32.5 Å². The maximum absolute atomic E-state index is 11.6. The summed E-state index contributed by atoms with van der Waals surface area (Å²) < 4.78 is 9.46. The Balaban J connectivity index is 1.68. The predicted octanol–water partition coefficient (Wildman–Crippen LogP) is 4.75. The van der Waals surface area contributed by atoms with Crippen molar-refractivity contribution in [3.05, 3.63) is 28.3 Å². The van der Waals surface area contributed by atoms with Crippen molar-refractivity contribution in [1.29, 1.82) is 0 Å². The van der Waals surface area contributed by atoms with E-state index in [0.717, 1.165) is 65.7 Å². The zero-order valence-electron chi connectivity index (χ0n) is 18.2. The number of nitrogens with one attached hydrogen (secondary N) is 2. The number of aldehydes is 1. The smallest absolute Gasteiger partial charge is 0.317 e. The number of hydrogen-bond donors (Lipinski definition) is 2. The number of unbranched alkanes of at least 4 members (excludes halogenated alkanes) is 2. The van der Waals surface area contributed by atoms with Crippen molar-refractivity contribution in [3.63, 3.8) is 0 Å². The maximum Gasteiger partial charge on any atom is 0.317 e. The molecule has 0 heterocycles. The summed E-state index contributed by atoms with van der Waals surface area (Å²) in [6.45, 7) is 5.66. The number of amides is 2. The van der Waals surface area contributed by atoms with Crippen LogP contribution in [0.25, 0.3) is 0 Å². The number of carbonyl (C=O) groups excluding carboxylic acids is 2. The first-order valence-electron chi connectivity index (χ1n) is 10.7. The molecule has 2 N–H and O–H groups in total. The van der Waals surface area contributed by atoms with Gasteiger partial charge in [-0.2, -0.15) is 0 Å². The van der Waals surface area contributed by atoms with Gasteiger partial charge in [-0.1, -0.05) is 30.0 Å². The number of aryl methyl sites for hydroxylation is 1. The summed E-state index contributed by atoms with van der Waals surface area (Å²) in [5.74, 6) is 2.61. The molecule has 30 heavy (non-hydrogen) atoms. The van der Waals surface area contributed by atoms with E-state index in [0.29, 0.717) is 6.54 Å². The van der Waals surface area contributed by atoms with E-state index in [1.165, 1.54) is 17.7 Å². The molecule has 1 aliphatic rings. The van der Waals surface area contributed by atoms with E-state index in [4.69, 9.17) is 16.3 Å². The van der Waals surface area contributed by atoms with Gasteiger partial charge in [0.15, 0.2) is 0 Å². The number of benzene rings is 1. The fourth-order valence-electron chi connectivity index (χ4n) is 3.07. The first kappa shape index (κ1) is 24.8. The maximum atomic E-state index is 11.6. The molecule has 1 unspecified atom stereocenters. The SMILES string of the molecule is CNC(=O)N(CC=O)CCCCCSNC(C)c1cc(OCC2CC2)c(C)cc1Cl. The van der Waals surface area contributed by atoms with Crippen LogP contribution in [0.2, 0.25) is 5.02 Å². The highest BCUT2D eigenvalue weighted by Crippen LogP contribution is 2.34. The second kappa shape index (κ2) is 13.1. The lowest BCUT2D eigenvalue weighted by molar-refractivity contribution is -0.108. The van der Waals surface area contributed by atoms with Gasteiger partial charge in [0.05, 0.1) is 13.2 Å². The van der Waals surface area contributed by atoms with Crippen LogP contribution >= 0.6 is 23.5 Å². The summed E-state index contributed by atoms with van der Waals surface area (Å²) >= 11 is 8.16. The van der Waals surface area contributed by atoms with Crippen LogP contribution in [0.3, 0.4) is 0 Å². The zero-order valence-corrected chi connectivity index (χ0v) is 19.8. The average Bonchev–Trinajstić information content (AvgIpc) is 3.55. The predicted molar refractivity (Wildman–Crippen MR) is 124 cm³/mol. The lowest BCUT2D eigenvalue weighted by Crippen LogP contribution is -2.39. The van der Waals surface area contributed by atoms with Gasteiger partial charge in [-0.25, -0.2) is 4.79 Å². The van der Waals surface area contributed by atoms with E-state index >= 15 is 0 Å². The Bertz CT molecular complexity index is 700. The monoisotopic (exact) mass is 455 g/mol. The molecule has 1 atom stereocenters. The molecule has 6 nitrogen and oxygen atoms in total. The van der Waals surface area contributed by atoms with Gasteiger partial charge in [0.2, 0.25) is 0 Å². The largest absolute Gasteiger partial charge is 0.493 e. The molecule has 1 saturated carbocycles. The topological polar surface area (TPSA) is 70.7 Å². The molecule has 0 radical (unpaired) electrons. The van der Waals surface area contributed by atoms with Crippen LogP contribution in [0, 0.1) is 12.8 Å². The van der Waals surface area contributed by atoms with Crippen molar-refractivity contribution in [1.82, 2.24) is 14.9 Å². The first-order chi connectivity index (χ1) is 14.5. The summed E-state index contributed by atoms with van der Waals surface area (Å²) in [7, 11) is 1.58. The highest BCUT2D eigenvalue weighted by molar-refractivity contribution is 7.97. The standard InChI is InChI=1S/C22H34ClN3O3S/c1-16-13-20(23)19(14-21(16)29-15-18-7-8-18)17(2)25-30-12-6-4-5-9-26(10-11-27)22(28)24-3/h11,13-14,17-18,25H,4-10,12,15H2,1-3H3,(H,24,28). The van der Waals surface area contributed by atoms with Crippen LogP contribution in [-0.4, -0.2) is 49.7 Å². The number of ether oxygens (including phenoxy) is 1. The van der Waals surface area contributed by atoms with Crippen molar-refractivity contribution in [2.45, 2.75) is 52.0 Å². The fourth-order valence-corrected chi connectivity index (χ4v) is 4.30. The molecular formula is C22H34ClN3O3S. The molecule has 2 rings (SSSR count). The molecule has 0 aliphatic heterocycles. The Morgan fingerprint density at radius 1 is 1.37 bits per heavy atom. The second-order valence-electron chi connectivity index (χ2n) is 7.81. The van der Waals surface area contributed by atoms with Crippen molar-refractivity contribution < 1.29 is 14.3 Å². The van der Waals surface area contributed by atoms with E-state index < -0.39 is 0 Å². The van der Waals surface area contributed by atoms with Gasteiger partial charge < -0.3 is 19.7 Å². The number of hydrogen-bond acceptors (Lipinski definition) is 5. The lowest BCUT2D eigenvalue weighted by Gasteiger charge is -2.19. The minimum atomic E-state index is -0.206. The summed E-state index contributed by atoms with van der Waals surface area (Å²) in [4.78, 5) is 23.9. The lowest BCUT2D eigenvalue weighted by atomic mass is 10.1. The van der Waals surface area contributed by atoms with Gasteiger partial charge in [-0.3, -0.25) is 4.72 Å². The molecule has 1 aliphatic carbocycles. The molecule has 0 aromatic heterocycles. The first-order valence-corrected chi connectivity index (χ1v) is 12.0. The number of carbonyl (C=O) groups is 2. The van der Waals surface area contributed by atoms with Crippen LogP contribution in [0.5, 0.6) is 5.75 Å². The summed E-state index contributed by atoms with van der Waals surface area (Å²) in [5, 5.41) is 3.32. The van der Waals surface area contributed by atoms with Crippen molar-refractivity contribution in [2.24, 2.45) is 5.92 Å². The number of halogens is 1. The van der Waals surface area contributed by atoms with E-state index in [2.05, 4.69) is 23.0 Å². The highest BCUT2D eigenvalue weighted by atomic mass is 35.5. The van der Waals surface area contributed by atoms with E-state index in [-0.39, 0.29) is 18.6 Å². The molecule has 1 aromatic rings. The van der Waals surface area contributed by atoms with E-state index in [9.17, 15) is 9.59 Å². The Kier molecular flexibility index (Phi) is 10.8. The Morgan fingerprint density at radius 2 is 2.13 bits per heavy atom. The second-order valence-corrected chi connectivity index (χ2v) is 9.15. The molecule has 0 saturated heterocycles. The molecule has 0 bridgehead atoms. The third-order valence-electron chi connectivity index (χ3n) is 5.16. The van der Waals surface area contributed by atoms with Gasteiger partial charge >= 0.3 is 6.03 Å². The number of rotatable bonds is 14. The summed E-state index contributed by atoms with van der Waals surface area (Å²) in [6, 6.07) is 3.96. The molecular weight excluding hydrogens is 422 g/mol. The van der Waals surface area contributed by atoms with Crippen LogP contribution in [-0.2, 0) is 4.79 Å². The van der Waals surface area contributed by atoms with Crippen LogP contribution in [0.1, 0.15) is 56.2 Å². The van der Waals surface area contributed by atoms with Gasteiger partial charge in [0.1, 0.15) is 12.0 Å². The van der Waals surface area contributed by atoms with Crippen LogP contribution < -0.4 is 14.8 Å². The molecule has 8 heteroatoms. The molecule has 1 aromatic carbocycles. The number of urea groups is 1. The normalized spacial score (nSPS) is 14.3. The average molecular weight is 456 g/mol. The third-order valence-corrected chi connectivity index (χ3v) is 6.50. The third kappa shape index (κ3) is 8.36. The fraction of sp³-hybridized carbons (Fsp3) is 0.636. The molecule has 2 amide bonds. The van der Waals surface area contributed by atoms with Crippen molar-refractivity contribution >= 4 is 35.9 Å². The van der Waals surface area contributed by atoms with Gasteiger partial charge in [-0.05, 0) is 68.7 Å². The molecule has 168 valence electrons. The minimum Gasteiger partial charge on any atom is -0.493 e. The molecule has 0 spiro atoms. The van der Waals surface area contributed by atoms with Gasteiger partial charge in [0, 0.05) is 30.4 Å². The highest BCUT2D eigenvalue weighted by Gasteiger charge is 2.22. The quantitative estimate of drug-likeness (QED) is 0.241. The summed E-state index contributed by atoms with van der Waals surface area (Å²) in [6.07, 6.45) is 6.21. The Hall–Kier alpha value is -1.44. The zero-order chi connectivity index (χ0) is 21.9. The molecule has 1 fully saturated rings. The Morgan fingerprint density at radius 3 is 2.80 bits per heavy atom. The van der Waals surface area contributed by atoms with Crippen LogP contribution in [0.15, 0.2) is 12.1 Å². The van der Waals surface area contributed by atoms with E-state index in [1.807, 2.05) is 13.0 Å².